The third-order valence-corrected chi connectivity index (χ3v) is 4.64. The Balaban J connectivity index is 1.68. The van der Waals surface area contributed by atoms with Gasteiger partial charge < -0.3 is 18.8 Å². The van der Waals surface area contributed by atoms with Crippen LogP contribution in [0.25, 0.3) is 11.2 Å². The van der Waals surface area contributed by atoms with Crippen LogP contribution in [-0.2, 0) is 32.2 Å². The lowest BCUT2D eigenvalue weighted by Gasteiger charge is -2.26. The van der Waals surface area contributed by atoms with E-state index in [4.69, 9.17) is 9.47 Å². The van der Waals surface area contributed by atoms with Crippen molar-refractivity contribution >= 4 is 35.1 Å². The lowest BCUT2D eigenvalue weighted by molar-refractivity contribution is -0.141. The molecule has 0 spiro atoms. The first-order chi connectivity index (χ1) is 16.7. The zero-order chi connectivity index (χ0) is 25.4. The summed E-state index contributed by atoms with van der Waals surface area (Å²) in [6.45, 7) is 5.43. The normalized spacial score (nSPS) is 11.1. The van der Waals surface area contributed by atoms with Crippen LogP contribution >= 0.6 is 0 Å². The average molecular weight is 485 g/mol. The van der Waals surface area contributed by atoms with E-state index in [1.807, 2.05) is 30.3 Å². The molecular formula is C23H28N6O6. The van der Waals surface area contributed by atoms with Gasteiger partial charge in [-0.25, -0.2) is 24.5 Å². The van der Waals surface area contributed by atoms with E-state index in [9.17, 15) is 14.4 Å². The lowest BCUT2D eigenvalue weighted by Crippen LogP contribution is -2.41. The largest absolute Gasteiger partial charge is 0.468 e. The smallest absolute Gasteiger partial charge is 0.413 e. The lowest BCUT2D eigenvalue weighted by atomic mass is 10.2. The minimum absolute atomic E-state index is 0.107. The highest BCUT2D eigenvalue weighted by atomic mass is 16.6. The Labute approximate surface area is 202 Å². The maximum Gasteiger partial charge on any atom is 0.413 e. The van der Waals surface area contributed by atoms with E-state index < -0.39 is 23.8 Å². The number of carbonyl (C=O) groups excluding carboxylic acids is 3. The molecular weight excluding hydrogens is 456 g/mol. The summed E-state index contributed by atoms with van der Waals surface area (Å²) in [7, 11) is 1.25. The van der Waals surface area contributed by atoms with Gasteiger partial charge in [-0.15, -0.1) is 0 Å². The molecule has 3 aromatic rings. The second-order valence-electron chi connectivity index (χ2n) is 8.50. The number of carbonyl (C=O) groups is 3. The Morgan fingerprint density at radius 3 is 2.51 bits per heavy atom. The molecule has 0 aliphatic heterocycles. The van der Waals surface area contributed by atoms with Gasteiger partial charge in [0.1, 0.15) is 25.1 Å². The first-order valence-corrected chi connectivity index (χ1v) is 10.8. The van der Waals surface area contributed by atoms with E-state index in [1.54, 1.807) is 25.3 Å². The van der Waals surface area contributed by atoms with Gasteiger partial charge in [0, 0.05) is 13.1 Å². The van der Waals surface area contributed by atoms with Gasteiger partial charge in [-0.2, -0.15) is 0 Å². The van der Waals surface area contributed by atoms with Crippen molar-refractivity contribution in [3.05, 3.63) is 48.5 Å². The molecule has 1 aromatic carbocycles. The number of imidazole rings is 1. The highest BCUT2D eigenvalue weighted by Crippen LogP contribution is 2.18. The van der Waals surface area contributed by atoms with Gasteiger partial charge in [-0.1, -0.05) is 30.3 Å². The van der Waals surface area contributed by atoms with Crippen molar-refractivity contribution in [2.75, 3.05) is 25.5 Å². The standard InChI is InChI=1S/C23H28N6O6/c1-23(2,3)35-22(32)28(12-17(30)33-4)10-11-29-15-26-18-19(24-14-25-20(18)29)27-21(31)34-13-16-8-6-5-7-9-16/h5-9,14-15H,10-13H2,1-4H3,(H,24,25,27,31). The van der Waals surface area contributed by atoms with Crippen LogP contribution in [-0.4, -0.2) is 68.4 Å². The summed E-state index contributed by atoms with van der Waals surface area (Å²) in [5.41, 5.74) is 0.901. The van der Waals surface area contributed by atoms with Gasteiger partial charge in [-0.3, -0.25) is 15.0 Å². The molecule has 0 aliphatic carbocycles. The fourth-order valence-corrected chi connectivity index (χ4v) is 3.00. The number of ether oxygens (including phenoxy) is 3. The number of benzene rings is 1. The van der Waals surface area contributed by atoms with Crippen molar-refractivity contribution in [3.63, 3.8) is 0 Å². The van der Waals surface area contributed by atoms with E-state index in [0.29, 0.717) is 11.2 Å². The van der Waals surface area contributed by atoms with E-state index in [-0.39, 0.29) is 32.1 Å². The molecule has 0 saturated carbocycles. The summed E-state index contributed by atoms with van der Waals surface area (Å²) in [6.07, 6.45) is 1.46. The quantitative estimate of drug-likeness (QED) is 0.378. The fraction of sp³-hybridized carbons (Fsp3) is 0.391. The van der Waals surface area contributed by atoms with Crippen LogP contribution in [0, 0.1) is 0 Å². The molecule has 2 aromatic heterocycles. The molecule has 0 unspecified atom stereocenters. The molecule has 35 heavy (non-hydrogen) atoms. The highest BCUT2D eigenvalue weighted by Gasteiger charge is 2.24. The number of aromatic nitrogens is 4. The van der Waals surface area contributed by atoms with Crippen LogP contribution in [0.15, 0.2) is 43.0 Å². The molecule has 0 fully saturated rings. The van der Waals surface area contributed by atoms with Crippen LogP contribution in [0.4, 0.5) is 15.4 Å². The van der Waals surface area contributed by atoms with Crippen LogP contribution in [0.2, 0.25) is 0 Å². The molecule has 12 nitrogen and oxygen atoms in total. The fourth-order valence-electron chi connectivity index (χ4n) is 3.00. The summed E-state index contributed by atoms with van der Waals surface area (Å²) in [5, 5.41) is 2.58. The summed E-state index contributed by atoms with van der Waals surface area (Å²) < 4.78 is 17.0. The Kier molecular flexibility index (Phi) is 8.18. The SMILES string of the molecule is COC(=O)CN(CCn1cnc2c(NC(=O)OCc3ccccc3)ncnc21)C(=O)OC(C)(C)C. The van der Waals surface area contributed by atoms with Crippen molar-refractivity contribution in [2.24, 2.45) is 0 Å². The number of esters is 1. The molecule has 0 aliphatic rings. The molecule has 2 heterocycles. The molecule has 186 valence electrons. The molecule has 1 N–H and O–H groups in total. The van der Waals surface area contributed by atoms with Gasteiger partial charge in [0.2, 0.25) is 0 Å². The van der Waals surface area contributed by atoms with Gasteiger partial charge in [0.15, 0.2) is 17.0 Å². The van der Waals surface area contributed by atoms with Gasteiger partial charge in [-0.05, 0) is 26.3 Å². The van der Waals surface area contributed by atoms with E-state index in [1.165, 1.54) is 24.7 Å². The summed E-state index contributed by atoms with van der Waals surface area (Å²) in [6, 6.07) is 9.27. The maximum absolute atomic E-state index is 12.6. The number of nitrogens with zero attached hydrogens (tertiary/aromatic N) is 5. The average Bonchev–Trinajstić information content (AvgIpc) is 3.24. The zero-order valence-electron chi connectivity index (χ0n) is 20.1. The minimum atomic E-state index is -0.726. The number of hydrogen-bond donors (Lipinski definition) is 1. The topological polar surface area (TPSA) is 138 Å². The Morgan fingerprint density at radius 2 is 1.83 bits per heavy atom. The Morgan fingerprint density at radius 1 is 1.09 bits per heavy atom. The number of amides is 2. The first-order valence-electron chi connectivity index (χ1n) is 10.8. The van der Waals surface area contributed by atoms with Gasteiger partial charge >= 0.3 is 18.2 Å². The Bertz CT molecular complexity index is 1170. The van der Waals surface area contributed by atoms with E-state index in [2.05, 4.69) is 25.0 Å². The van der Waals surface area contributed by atoms with Crippen molar-refractivity contribution in [1.29, 1.82) is 0 Å². The molecule has 12 heteroatoms. The number of nitrogens with one attached hydrogen (secondary N) is 1. The van der Waals surface area contributed by atoms with Crippen molar-refractivity contribution in [1.82, 2.24) is 24.4 Å². The third-order valence-electron chi connectivity index (χ3n) is 4.64. The number of methoxy groups -OCH3 is 1. The summed E-state index contributed by atoms with van der Waals surface area (Å²) in [5.74, 6) is -0.389. The molecule has 0 radical (unpaired) electrons. The highest BCUT2D eigenvalue weighted by molar-refractivity contribution is 5.93. The number of hydrogen-bond acceptors (Lipinski definition) is 9. The predicted molar refractivity (Wildman–Crippen MR) is 125 cm³/mol. The molecule has 0 atom stereocenters. The molecule has 2 amide bonds. The minimum Gasteiger partial charge on any atom is -0.468 e. The summed E-state index contributed by atoms with van der Waals surface area (Å²) >= 11 is 0. The monoisotopic (exact) mass is 484 g/mol. The van der Waals surface area contributed by atoms with Crippen LogP contribution in [0.3, 0.4) is 0 Å². The van der Waals surface area contributed by atoms with Gasteiger partial charge in [0.25, 0.3) is 0 Å². The van der Waals surface area contributed by atoms with Crippen LogP contribution in [0.5, 0.6) is 0 Å². The second-order valence-corrected chi connectivity index (χ2v) is 8.50. The van der Waals surface area contributed by atoms with Gasteiger partial charge in [0.05, 0.1) is 13.4 Å². The van der Waals surface area contributed by atoms with Crippen molar-refractivity contribution < 1.29 is 28.6 Å². The second kappa shape index (κ2) is 11.3. The van der Waals surface area contributed by atoms with E-state index >= 15 is 0 Å². The van der Waals surface area contributed by atoms with Crippen LogP contribution in [0.1, 0.15) is 26.3 Å². The van der Waals surface area contributed by atoms with Crippen LogP contribution < -0.4 is 5.32 Å². The number of rotatable bonds is 8. The van der Waals surface area contributed by atoms with E-state index in [0.717, 1.165) is 5.56 Å². The molecule has 0 saturated heterocycles. The maximum atomic E-state index is 12.6. The Hall–Kier alpha value is -4.22. The molecule has 3 rings (SSSR count). The predicted octanol–water partition coefficient (Wildman–Crippen LogP) is 2.99. The van der Waals surface area contributed by atoms with Crippen molar-refractivity contribution in [2.45, 2.75) is 39.5 Å². The summed E-state index contributed by atoms with van der Waals surface area (Å²) in [4.78, 5) is 50.4. The van der Waals surface area contributed by atoms with Crippen molar-refractivity contribution in [3.8, 4) is 0 Å². The molecule has 0 bridgehead atoms. The zero-order valence-corrected chi connectivity index (χ0v) is 20.1. The first kappa shape index (κ1) is 25.4. The number of anilines is 1. The number of fused-ring (bicyclic) bond motifs is 1. The third kappa shape index (κ3) is 7.39.